The summed E-state index contributed by atoms with van der Waals surface area (Å²) < 4.78 is 13.0. The van der Waals surface area contributed by atoms with E-state index in [0.29, 0.717) is 12.0 Å². The lowest BCUT2D eigenvalue weighted by atomic mass is 9.97. The van der Waals surface area contributed by atoms with Crippen molar-refractivity contribution < 1.29 is 14.1 Å². The monoisotopic (exact) mass is 453 g/mol. The van der Waals surface area contributed by atoms with Crippen molar-refractivity contribution in [2.45, 2.75) is 25.6 Å². The Morgan fingerprint density at radius 3 is 2.83 bits per heavy atom. The van der Waals surface area contributed by atoms with Crippen molar-refractivity contribution in [2.24, 2.45) is 5.10 Å². The van der Waals surface area contributed by atoms with Crippen LogP contribution in [0.1, 0.15) is 41.3 Å². The topological polar surface area (TPSA) is 81.1 Å². The lowest BCUT2D eigenvalue weighted by molar-refractivity contribution is -0.385. The Kier molecular flexibility index (Phi) is 4.16. The van der Waals surface area contributed by atoms with Gasteiger partial charge in [0, 0.05) is 34.2 Å². The molecule has 0 saturated heterocycles. The summed E-state index contributed by atoms with van der Waals surface area (Å²) in [7, 11) is 0. The smallest absolute Gasteiger partial charge is 0.269 e. The van der Waals surface area contributed by atoms with Gasteiger partial charge in [0.05, 0.1) is 11.0 Å². The van der Waals surface area contributed by atoms with Crippen LogP contribution in [0.5, 0.6) is 5.75 Å². The van der Waals surface area contributed by atoms with E-state index in [-0.39, 0.29) is 11.7 Å². The summed E-state index contributed by atoms with van der Waals surface area (Å²) in [6, 6.07) is 16.1. The van der Waals surface area contributed by atoms with Gasteiger partial charge in [-0.2, -0.15) is 5.10 Å². The molecule has 2 atom stereocenters. The molecule has 2 aliphatic rings. The van der Waals surface area contributed by atoms with Crippen molar-refractivity contribution in [1.29, 1.82) is 0 Å². The maximum absolute atomic E-state index is 11.2. The second-order valence-electron chi connectivity index (χ2n) is 7.06. The minimum absolute atomic E-state index is 0.0225. The molecule has 2 aliphatic heterocycles. The molecule has 0 fully saturated rings. The molecule has 8 heteroatoms. The Bertz CT molecular complexity index is 1160. The Morgan fingerprint density at radius 2 is 2.07 bits per heavy atom. The minimum atomic E-state index is -0.567. The summed E-state index contributed by atoms with van der Waals surface area (Å²) in [5.74, 6) is 2.30. The molecule has 0 spiro atoms. The number of hydrogen-bond acceptors (Lipinski definition) is 6. The molecule has 7 nitrogen and oxygen atoms in total. The van der Waals surface area contributed by atoms with Crippen LogP contribution in [-0.4, -0.2) is 15.6 Å². The second-order valence-corrected chi connectivity index (χ2v) is 7.98. The molecule has 2 aromatic carbocycles. The molecule has 0 unspecified atom stereocenters. The quantitative estimate of drug-likeness (QED) is 0.386. The molecular weight excluding hydrogens is 438 g/mol. The number of benzene rings is 2. The van der Waals surface area contributed by atoms with Gasteiger partial charge in [0.1, 0.15) is 23.0 Å². The van der Waals surface area contributed by atoms with Gasteiger partial charge >= 0.3 is 0 Å². The molecule has 0 radical (unpaired) electrons. The summed E-state index contributed by atoms with van der Waals surface area (Å²) in [5.41, 5.74) is 2.55. The second kappa shape index (κ2) is 6.73. The van der Waals surface area contributed by atoms with Gasteiger partial charge in [-0.05, 0) is 37.3 Å². The third-order valence-corrected chi connectivity index (χ3v) is 5.64. The number of nitrogens with zero attached hydrogens (tertiary/aromatic N) is 3. The number of hydrazone groups is 1. The van der Waals surface area contributed by atoms with Crippen molar-refractivity contribution in [3.8, 4) is 5.75 Å². The van der Waals surface area contributed by atoms with E-state index < -0.39 is 11.2 Å². The first kappa shape index (κ1) is 17.9. The van der Waals surface area contributed by atoms with Crippen LogP contribution >= 0.6 is 15.9 Å². The third kappa shape index (κ3) is 3.09. The zero-order chi connectivity index (χ0) is 20.1. The van der Waals surface area contributed by atoms with E-state index in [1.165, 1.54) is 12.1 Å². The predicted octanol–water partition coefficient (Wildman–Crippen LogP) is 5.50. The highest BCUT2D eigenvalue weighted by Gasteiger charge is 2.42. The van der Waals surface area contributed by atoms with Crippen LogP contribution in [0.15, 0.2) is 68.6 Å². The summed E-state index contributed by atoms with van der Waals surface area (Å²) in [5, 5.41) is 17.9. The molecule has 29 heavy (non-hydrogen) atoms. The van der Waals surface area contributed by atoms with Crippen molar-refractivity contribution in [2.75, 3.05) is 0 Å². The first-order valence-electron chi connectivity index (χ1n) is 9.13. The molecule has 146 valence electrons. The predicted molar refractivity (Wildman–Crippen MR) is 110 cm³/mol. The van der Waals surface area contributed by atoms with Gasteiger partial charge in [-0.25, -0.2) is 5.01 Å². The average Bonchev–Trinajstić information content (AvgIpc) is 3.34. The lowest BCUT2D eigenvalue weighted by Crippen LogP contribution is -2.33. The van der Waals surface area contributed by atoms with Crippen LogP contribution in [0.4, 0.5) is 5.69 Å². The largest absolute Gasteiger partial charge is 0.464 e. The number of furan rings is 1. The van der Waals surface area contributed by atoms with Crippen LogP contribution < -0.4 is 4.74 Å². The summed E-state index contributed by atoms with van der Waals surface area (Å²) in [6.07, 6.45) is 0.0905. The van der Waals surface area contributed by atoms with Crippen LogP contribution in [0.2, 0.25) is 0 Å². The molecule has 3 heterocycles. The van der Waals surface area contributed by atoms with Gasteiger partial charge in [-0.15, -0.1) is 0 Å². The molecular formula is C21H16BrN3O4. The van der Waals surface area contributed by atoms with Crippen molar-refractivity contribution in [1.82, 2.24) is 5.01 Å². The fourth-order valence-electron chi connectivity index (χ4n) is 3.81. The van der Waals surface area contributed by atoms with E-state index >= 15 is 0 Å². The Hall–Kier alpha value is -3.13. The maximum atomic E-state index is 11.2. The highest BCUT2D eigenvalue weighted by Crippen LogP contribution is 2.48. The Labute approximate surface area is 174 Å². The van der Waals surface area contributed by atoms with Gasteiger partial charge in [-0.3, -0.25) is 10.1 Å². The lowest BCUT2D eigenvalue weighted by Gasteiger charge is -2.38. The van der Waals surface area contributed by atoms with Crippen LogP contribution in [0.25, 0.3) is 0 Å². The number of hydrogen-bond donors (Lipinski definition) is 0. The molecule has 0 aliphatic carbocycles. The van der Waals surface area contributed by atoms with Crippen LogP contribution in [0, 0.1) is 17.0 Å². The van der Waals surface area contributed by atoms with Gasteiger partial charge in [-0.1, -0.05) is 28.1 Å². The maximum Gasteiger partial charge on any atom is 0.269 e. The van der Waals surface area contributed by atoms with E-state index in [1.54, 1.807) is 6.07 Å². The normalized spacial score (nSPS) is 19.9. The number of rotatable bonds is 3. The molecule has 0 bridgehead atoms. The molecule has 1 aromatic heterocycles. The van der Waals surface area contributed by atoms with Gasteiger partial charge in [0.2, 0.25) is 6.23 Å². The first-order chi connectivity index (χ1) is 14.0. The first-order valence-corrected chi connectivity index (χ1v) is 9.92. The number of fused-ring (bicyclic) bond motifs is 3. The number of nitro benzene ring substituents is 1. The molecule has 0 amide bonds. The molecule has 5 rings (SSSR count). The van der Waals surface area contributed by atoms with Crippen molar-refractivity contribution >= 4 is 27.3 Å². The number of nitro groups is 1. The van der Waals surface area contributed by atoms with E-state index in [0.717, 1.165) is 33.0 Å². The zero-order valence-electron chi connectivity index (χ0n) is 15.4. The van der Waals surface area contributed by atoms with Crippen LogP contribution in [-0.2, 0) is 0 Å². The van der Waals surface area contributed by atoms with Gasteiger partial charge in [0.25, 0.3) is 5.69 Å². The Morgan fingerprint density at radius 1 is 1.21 bits per heavy atom. The SMILES string of the molecule is Cc1ccc(C2=NN3[C@H](C2)c2cc(Br)ccc2O[C@@H]3c2cccc([N+](=O)[O-])c2)o1. The molecule has 0 saturated carbocycles. The van der Waals surface area contributed by atoms with Crippen molar-refractivity contribution in [3.63, 3.8) is 0 Å². The summed E-state index contributed by atoms with van der Waals surface area (Å²) in [4.78, 5) is 10.8. The Balaban J connectivity index is 1.61. The van der Waals surface area contributed by atoms with Crippen LogP contribution in [0.3, 0.4) is 0 Å². The minimum Gasteiger partial charge on any atom is -0.464 e. The van der Waals surface area contributed by atoms with Crippen molar-refractivity contribution in [3.05, 3.63) is 91.8 Å². The van der Waals surface area contributed by atoms with Gasteiger partial charge < -0.3 is 9.15 Å². The highest BCUT2D eigenvalue weighted by molar-refractivity contribution is 9.10. The number of aryl methyl sites for hydroxylation is 1. The number of halogens is 1. The molecule has 3 aromatic rings. The van der Waals surface area contributed by atoms with E-state index in [4.69, 9.17) is 14.3 Å². The molecule has 0 N–H and O–H groups in total. The summed E-state index contributed by atoms with van der Waals surface area (Å²) in [6.45, 7) is 1.90. The summed E-state index contributed by atoms with van der Waals surface area (Å²) >= 11 is 3.53. The number of non-ortho nitro benzene ring substituents is 1. The van der Waals surface area contributed by atoms with E-state index in [9.17, 15) is 10.1 Å². The third-order valence-electron chi connectivity index (χ3n) is 5.14. The number of ether oxygens (including phenoxy) is 1. The fraction of sp³-hybridized carbons (Fsp3) is 0.190. The standard InChI is InChI=1S/C21H16BrN3O4/c1-12-5-7-20(28-12)17-11-18-16-10-14(22)6-8-19(16)29-21(24(18)23-17)13-3-2-4-15(9-13)25(26)27/h2-10,18,21H,11H2,1H3/t18-,21-/m1/s1. The van der Waals surface area contributed by atoms with E-state index in [1.807, 2.05) is 48.3 Å². The zero-order valence-corrected chi connectivity index (χ0v) is 17.0. The fourth-order valence-corrected chi connectivity index (χ4v) is 4.19. The average molecular weight is 454 g/mol. The van der Waals surface area contributed by atoms with Gasteiger partial charge in [0.15, 0.2) is 0 Å². The highest BCUT2D eigenvalue weighted by atomic mass is 79.9. The van der Waals surface area contributed by atoms with E-state index in [2.05, 4.69) is 15.9 Å².